The predicted molar refractivity (Wildman–Crippen MR) is 80.9 cm³/mol. The van der Waals surface area contributed by atoms with Crippen molar-refractivity contribution in [2.45, 2.75) is 6.92 Å². The molecule has 0 saturated heterocycles. The lowest BCUT2D eigenvalue weighted by molar-refractivity contribution is -1.63. The molecule has 0 unspecified atom stereocenters. The van der Waals surface area contributed by atoms with E-state index in [2.05, 4.69) is 52.4 Å². The Labute approximate surface area is 139 Å². The molecule has 118 valence electrons. The Balaban J connectivity index is 0.000000541. The van der Waals surface area contributed by atoms with Gasteiger partial charge in [0.15, 0.2) is 0 Å². The van der Waals surface area contributed by atoms with E-state index in [0.717, 1.165) is 5.69 Å². The second-order valence-corrected chi connectivity index (χ2v) is 5.90. The predicted octanol–water partition coefficient (Wildman–Crippen LogP) is -2.30. The summed E-state index contributed by atoms with van der Waals surface area (Å²) in [6.45, 7) is 2.00. The Morgan fingerprint density at radius 1 is 1.05 bits per heavy atom. The van der Waals surface area contributed by atoms with Crippen molar-refractivity contribution < 1.29 is 31.4 Å². The number of benzene rings is 1. The van der Waals surface area contributed by atoms with Gasteiger partial charge >= 0.3 is 21.1 Å². The fourth-order valence-electron chi connectivity index (χ4n) is 1.75. The van der Waals surface area contributed by atoms with Gasteiger partial charge in [0.2, 0.25) is 0 Å². The Morgan fingerprint density at radius 2 is 1.59 bits per heavy atom. The number of aromatic nitrogens is 1. The summed E-state index contributed by atoms with van der Waals surface area (Å²) in [4.78, 5) is 6.28. The maximum Gasteiger partial charge on any atom is 0.503 e. The Morgan fingerprint density at radius 3 is 2.09 bits per heavy atom. The number of hydrogen-bond donors (Lipinski definition) is 1. The minimum atomic E-state index is -3.76. The topological polar surface area (TPSA) is 82.5 Å². The molecule has 2 aromatic rings. The van der Waals surface area contributed by atoms with E-state index in [1.54, 1.807) is 0 Å². The molecule has 6 heteroatoms. The highest BCUT2D eigenvalue weighted by atomic mass is 127. The molecule has 1 aromatic carbocycles. The molecule has 0 aliphatic heterocycles. The molecule has 0 radical (unpaired) electrons. The highest BCUT2D eigenvalue weighted by Crippen LogP contribution is 2.14. The SMILES string of the molecule is Cc1cc(C=Cc2ccc(N(C)C)cc2)ccn1.[O-][I+2]([O-])O. The molecule has 22 heavy (non-hydrogen) atoms. The number of nitrogens with zero attached hydrogens (tertiary/aromatic N) is 2. The van der Waals surface area contributed by atoms with Crippen LogP contribution in [-0.4, -0.2) is 22.5 Å². The van der Waals surface area contributed by atoms with Crippen molar-refractivity contribution in [3.63, 3.8) is 0 Å². The van der Waals surface area contributed by atoms with Crippen LogP contribution in [0.5, 0.6) is 0 Å². The van der Waals surface area contributed by atoms with Crippen molar-refractivity contribution in [1.82, 2.24) is 4.98 Å². The summed E-state index contributed by atoms with van der Waals surface area (Å²) in [6, 6.07) is 12.6. The fourth-order valence-corrected chi connectivity index (χ4v) is 1.75. The van der Waals surface area contributed by atoms with Gasteiger partial charge in [-0.15, -0.1) is 0 Å². The van der Waals surface area contributed by atoms with Crippen molar-refractivity contribution in [2.24, 2.45) is 0 Å². The molecule has 1 N–H and O–H groups in total. The minimum Gasteiger partial charge on any atom is -0.396 e. The first-order chi connectivity index (χ1) is 10.4. The molecule has 1 heterocycles. The molecule has 5 nitrogen and oxygen atoms in total. The van der Waals surface area contributed by atoms with Crippen LogP contribution >= 0.6 is 0 Å². The average Bonchev–Trinajstić information content (AvgIpc) is 2.45. The Bertz CT molecular complexity index is 596. The summed E-state index contributed by atoms with van der Waals surface area (Å²) in [5.74, 6) is 0. The number of aryl methyl sites for hydroxylation is 1. The van der Waals surface area contributed by atoms with Gasteiger partial charge in [-0.25, -0.2) is 0 Å². The maximum atomic E-state index is 8.68. The highest BCUT2D eigenvalue weighted by Gasteiger charge is 1.94. The smallest absolute Gasteiger partial charge is 0.396 e. The van der Waals surface area contributed by atoms with E-state index in [0.29, 0.717) is 0 Å². The third-order valence-corrected chi connectivity index (χ3v) is 2.80. The number of hydrogen-bond acceptors (Lipinski definition) is 5. The van der Waals surface area contributed by atoms with Gasteiger partial charge in [-0.3, -0.25) is 4.98 Å². The van der Waals surface area contributed by atoms with Crippen LogP contribution in [0.25, 0.3) is 12.2 Å². The molecule has 0 aliphatic rings. The van der Waals surface area contributed by atoms with E-state index in [-0.39, 0.29) is 0 Å². The monoisotopic (exact) mass is 414 g/mol. The van der Waals surface area contributed by atoms with Gasteiger partial charge in [-0.05, 0) is 45.8 Å². The third kappa shape index (κ3) is 7.51. The first kappa shape index (κ1) is 18.6. The van der Waals surface area contributed by atoms with E-state index in [9.17, 15) is 0 Å². The summed E-state index contributed by atoms with van der Waals surface area (Å²) < 4.78 is 24.5. The lowest BCUT2D eigenvalue weighted by atomic mass is 10.1. The first-order valence-corrected chi connectivity index (χ1v) is 9.24. The van der Waals surface area contributed by atoms with Crippen molar-refractivity contribution >= 4 is 17.8 Å². The molecule has 0 saturated carbocycles. The van der Waals surface area contributed by atoms with Crippen LogP contribution < -0.4 is 32.8 Å². The van der Waals surface area contributed by atoms with Gasteiger partial charge in [0.1, 0.15) is 0 Å². The molecule has 0 bridgehead atoms. The molecule has 0 atom stereocenters. The van der Waals surface area contributed by atoms with E-state index in [1.165, 1.54) is 16.8 Å². The van der Waals surface area contributed by atoms with Gasteiger partial charge in [-0.2, -0.15) is 0 Å². The fraction of sp³-hybridized carbons (Fsp3) is 0.188. The number of pyridine rings is 1. The summed E-state index contributed by atoms with van der Waals surface area (Å²) >= 11 is -3.76. The second kappa shape index (κ2) is 9.52. The molecule has 0 spiro atoms. The molecule has 0 aliphatic carbocycles. The van der Waals surface area contributed by atoms with Crippen molar-refractivity contribution in [3.05, 3.63) is 59.4 Å². The average molecular weight is 414 g/mol. The quantitative estimate of drug-likeness (QED) is 0.572. The molecule has 0 amide bonds. The van der Waals surface area contributed by atoms with Gasteiger partial charge < -0.3 is 11.8 Å². The standard InChI is InChI=1S/C16H18N2.HIO3/c1-13-12-15(10-11-17-13)5-4-14-6-8-16(9-7-14)18(2)3;2-1(3)4/h4-12H,1-3H3;2H. The lowest BCUT2D eigenvalue weighted by Gasteiger charge is -2.11. The summed E-state index contributed by atoms with van der Waals surface area (Å²) in [5.41, 5.74) is 4.64. The largest absolute Gasteiger partial charge is 0.503 e. The van der Waals surface area contributed by atoms with Crippen molar-refractivity contribution in [2.75, 3.05) is 19.0 Å². The van der Waals surface area contributed by atoms with Crippen LogP contribution in [0.15, 0.2) is 42.6 Å². The molecular weight excluding hydrogens is 395 g/mol. The van der Waals surface area contributed by atoms with Gasteiger partial charge in [0.25, 0.3) is 0 Å². The van der Waals surface area contributed by atoms with Crippen LogP contribution in [0, 0.1) is 6.92 Å². The highest BCUT2D eigenvalue weighted by molar-refractivity contribution is 5.70. The van der Waals surface area contributed by atoms with Crippen LogP contribution in [-0.2, 0) is 0 Å². The summed E-state index contributed by atoms with van der Waals surface area (Å²) in [7, 11) is 4.09. The van der Waals surface area contributed by atoms with Gasteiger partial charge in [0, 0.05) is 31.7 Å². The zero-order valence-electron chi connectivity index (χ0n) is 12.7. The van der Waals surface area contributed by atoms with Crippen LogP contribution in [0.2, 0.25) is 0 Å². The molecule has 0 fully saturated rings. The summed E-state index contributed by atoms with van der Waals surface area (Å²) in [6.07, 6.45) is 6.07. The molecule has 1 aromatic heterocycles. The number of halogens is 1. The van der Waals surface area contributed by atoms with Gasteiger partial charge in [-0.1, -0.05) is 24.3 Å². The zero-order valence-corrected chi connectivity index (χ0v) is 14.9. The van der Waals surface area contributed by atoms with Gasteiger partial charge in [0.05, 0.1) is 0 Å². The number of rotatable bonds is 3. The minimum absolute atomic E-state index is 1.04. The van der Waals surface area contributed by atoms with E-state index >= 15 is 0 Å². The normalized spacial score (nSPS) is 10.5. The third-order valence-electron chi connectivity index (χ3n) is 2.80. The zero-order chi connectivity index (χ0) is 16.5. The summed E-state index contributed by atoms with van der Waals surface area (Å²) in [5, 5.41) is 0. The second-order valence-electron chi connectivity index (χ2n) is 4.75. The van der Waals surface area contributed by atoms with Crippen LogP contribution in [0.1, 0.15) is 16.8 Å². The maximum absolute atomic E-state index is 8.68. The van der Waals surface area contributed by atoms with E-state index in [4.69, 9.17) is 10.3 Å². The van der Waals surface area contributed by atoms with Crippen molar-refractivity contribution in [3.8, 4) is 0 Å². The van der Waals surface area contributed by atoms with Crippen molar-refractivity contribution in [1.29, 1.82) is 0 Å². The van der Waals surface area contributed by atoms with E-state index < -0.39 is 21.1 Å². The Hall–Kier alpha value is -1.48. The number of anilines is 1. The first-order valence-electron chi connectivity index (χ1n) is 6.51. The van der Waals surface area contributed by atoms with E-state index in [1.807, 2.05) is 33.3 Å². The van der Waals surface area contributed by atoms with Crippen LogP contribution in [0.4, 0.5) is 5.69 Å². The van der Waals surface area contributed by atoms with Crippen LogP contribution in [0.3, 0.4) is 0 Å². The molecular formula is C16H19IN2O3. The Kier molecular flexibility index (Phi) is 8.03. The molecule has 2 rings (SSSR count). The lowest BCUT2D eigenvalue weighted by Crippen LogP contribution is -3.98.